The molecule has 1 aromatic carbocycles. The molecule has 0 radical (unpaired) electrons. The number of amides is 1. The van der Waals surface area contributed by atoms with Crippen molar-refractivity contribution in [3.63, 3.8) is 0 Å². The third-order valence-corrected chi connectivity index (χ3v) is 3.61. The van der Waals surface area contributed by atoms with E-state index in [1.54, 1.807) is 6.07 Å². The van der Waals surface area contributed by atoms with Crippen molar-refractivity contribution in [1.29, 1.82) is 0 Å². The Morgan fingerprint density at radius 1 is 1.53 bits per heavy atom. The minimum absolute atomic E-state index is 0.0218. The summed E-state index contributed by atoms with van der Waals surface area (Å²) in [5.41, 5.74) is 6.78. The van der Waals surface area contributed by atoms with Gasteiger partial charge in [-0.15, -0.1) is 0 Å². The van der Waals surface area contributed by atoms with E-state index >= 15 is 0 Å². The number of halogens is 2. The predicted octanol–water partition coefficient (Wildman–Crippen LogP) is 2.73. The van der Waals surface area contributed by atoms with Crippen LogP contribution in [0.4, 0.5) is 15.8 Å². The molecule has 0 spiro atoms. The molecule has 0 heterocycles. The Morgan fingerprint density at radius 2 is 2.21 bits per heavy atom. The highest BCUT2D eigenvalue weighted by molar-refractivity contribution is 14.1. The Balaban J connectivity index is 2.45. The Labute approximate surface area is 126 Å². The maximum atomic E-state index is 13.4. The van der Waals surface area contributed by atoms with Gasteiger partial charge in [0.2, 0.25) is 5.91 Å². The third-order valence-electron chi connectivity index (χ3n) is 2.78. The quantitative estimate of drug-likeness (QED) is 0.526. The topological polar surface area (TPSA) is 67.2 Å². The van der Waals surface area contributed by atoms with Gasteiger partial charge < -0.3 is 16.4 Å². The van der Waals surface area contributed by atoms with Gasteiger partial charge in [-0.3, -0.25) is 4.79 Å². The van der Waals surface area contributed by atoms with Crippen LogP contribution in [0.2, 0.25) is 0 Å². The van der Waals surface area contributed by atoms with Gasteiger partial charge in [0, 0.05) is 25.1 Å². The van der Waals surface area contributed by atoms with E-state index in [9.17, 15) is 9.18 Å². The summed E-state index contributed by atoms with van der Waals surface area (Å²) in [6.45, 7) is 4.39. The molecule has 1 unspecified atom stereocenters. The fourth-order valence-electron chi connectivity index (χ4n) is 1.48. The number of anilines is 2. The summed E-state index contributed by atoms with van der Waals surface area (Å²) in [6.07, 6.45) is 1.23. The normalized spacial score (nSPS) is 12.0. The standard InChI is InChI=1S/C13H19FIN3O/c1-3-8(2)18-13(19)4-5-17-12-6-9(14)10(15)7-11(12)16/h6-8,17H,3-5,16H2,1-2H3,(H,18,19). The lowest BCUT2D eigenvalue weighted by Gasteiger charge is -2.13. The van der Waals surface area contributed by atoms with Crippen molar-refractivity contribution in [2.75, 3.05) is 17.6 Å². The second-order valence-electron chi connectivity index (χ2n) is 4.41. The SMILES string of the molecule is CCC(C)NC(=O)CCNc1cc(F)c(I)cc1N. The predicted molar refractivity (Wildman–Crippen MR) is 84.5 cm³/mol. The number of hydrogen-bond donors (Lipinski definition) is 3. The van der Waals surface area contributed by atoms with E-state index in [-0.39, 0.29) is 17.8 Å². The molecule has 1 aromatic rings. The van der Waals surface area contributed by atoms with Crippen molar-refractivity contribution in [3.8, 4) is 0 Å². The minimum atomic E-state index is -0.318. The molecule has 1 amide bonds. The molecule has 0 saturated heterocycles. The molecule has 19 heavy (non-hydrogen) atoms. The zero-order chi connectivity index (χ0) is 14.4. The summed E-state index contributed by atoms with van der Waals surface area (Å²) in [4.78, 5) is 11.6. The summed E-state index contributed by atoms with van der Waals surface area (Å²) in [6, 6.07) is 3.09. The van der Waals surface area contributed by atoms with Crippen molar-refractivity contribution < 1.29 is 9.18 Å². The molecular formula is C13H19FIN3O. The third kappa shape index (κ3) is 5.22. The molecule has 1 rings (SSSR count). The average Bonchev–Trinajstić information content (AvgIpc) is 2.35. The van der Waals surface area contributed by atoms with Crippen LogP contribution in [0.25, 0.3) is 0 Å². The van der Waals surface area contributed by atoms with Gasteiger partial charge in [-0.25, -0.2) is 4.39 Å². The van der Waals surface area contributed by atoms with Crippen molar-refractivity contribution >= 4 is 39.9 Å². The monoisotopic (exact) mass is 379 g/mol. The van der Waals surface area contributed by atoms with Crippen LogP contribution in [-0.4, -0.2) is 18.5 Å². The van der Waals surface area contributed by atoms with Crippen LogP contribution in [0.5, 0.6) is 0 Å². The number of nitrogens with two attached hydrogens (primary N) is 1. The average molecular weight is 379 g/mol. The van der Waals surface area contributed by atoms with E-state index in [2.05, 4.69) is 10.6 Å². The van der Waals surface area contributed by atoms with Crippen molar-refractivity contribution in [1.82, 2.24) is 5.32 Å². The smallest absolute Gasteiger partial charge is 0.221 e. The number of rotatable bonds is 6. The first kappa shape index (κ1) is 16.0. The zero-order valence-corrected chi connectivity index (χ0v) is 13.3. The highest BCUT2D eigenvalue weighted by Crippen LogP contribution is 2.23. The van der Waals surface area contributed by atoms with Gasteiger partial charge in [-0.2, -0.15) is 0 Å². The van der Waals surface area contributed by atoms with Gasteiger partial charge in [0.15, 0.2) is 0 Å². The van der Waals surface area contributed by atoms with Crippen molar-refractivity contribution in [2.24, 2.45) is 0 Å². The first-order valence-electron chi connectivity index (χ1n) is 6.21. The largest absolute Gasteiger partial charge is 0.397 e. The van der Waals surface area contributed by atoms with E-state index in [1.165, 1.54) is 6.07 Å². The second-order valence-corrected chi connectivity index (χ2v) is 5.57. The molecule has 4 N–H and O–H groups in total. The molecule has 0 saturated carbocycles. The van der Waals surface area contributed by atoms with Crippen molar-refractivity contribution in [3.05, 3.63) is 21.5 Å². The van der Waals surface area contributed by atoms with Gasteiger partial charge in [0.05, 0.1) is 14.9 Å². The minimum Gasteiger partial charge on any atom is -0.397 e. The van der Waals surface area contributed by atoms with Crippen LogP contribution in [0.1, 0.15) is 26.7 Å². The van der Waals surface area contributed by atoms with Crippen LogP contribution in [0.15, 0.2) is 12.1 Å². The summed E-state index contributed by atoms with van der Waals surface area (Å²) in [5.74, 6) is -0.340. The van der Waals surface area contributed by atoms with E-state index in [1.807, 2.05) is 36.4 Å². The highest BCUT2D eigenvalue weighted by atomic mass is 127. The van der Waals surface area contributed by atoms with Gasteiger partial charge in [0.1, 0.15) is 5.82 Å². The molecule has 0 aliphatic carbocycles. The van der Waals surface area contributed by atoms with Gasteiger partial charge >= 0.3 is 0 Å². The lowest BCUT2D eigenvalue weighted by molar-refractivity contribution is -0.121. The number of benzene rings is 1. The summed E-state index contributed by atoms with van der Waals surface area (Å²) in [5, 5.41) is 5.84. The Bertz CT molecular complexity index is 454. The maximum absolute atomic E-state index is 13.4. The molecule has 4 nitrogen and oxygen atoms in total. The van der Waals surface area contributed by atoms with E-state index in [0.29, 0.717) is 27.9 Å². The Hall–Kier alpha value is -1.05. The fraction of sp³-hybridized carbons (Fsp3) is 0.462. The van der Waals surface area contributed by atoms with E-state index < -0.39 is 0 Å². The first-order valence-corrected chi connectivity index (χ1v) is 7.29. The fourth-order valence-corrected chi connectivity index (χ4v) is 1.97. The molecule has 0 aromatic heterocycles. The van der Waals surface area contributed by atoms with Crippen molar-refractivity contribution in [2.45, 2.75) is 32.7 Å². The van der Waals surface area contributed by atoms with Gasteiger partial charge in [0.25, 0.3) is 0 Å². The summed E-state index contributed by atoms with van der Waals surface area (Å²) < 4.78 is 13.9. The molecule has 0 bridgehead atoms. The molecular weight excluding hydrogens is 360 g/mol. The second kappa shape index (κ2) is 7.52. The zero-order valence-electron chi connectivity index (χ0n) is 11.1. The number of nitrogens with one attached hydrogen (secondary N) is 2. The van der Waals surface area contributed by atoms with E-state index in [0.717, 1.165) is 6.42 Å². The molecule has 0 fully saturated rings. The molecule has 106 valence electrons. The number of nitrogen functional groups attached to an aromatic ring is 1. The molecule has 0 aliphatic rings. The lowest BCUT2D eigenvalue weighted by Crippen LogP contribution is -2.33. The van der Waals surface area contributed by atoms with Crippen LogP contribution in [0.3, 0.4) is 0 Å². The lowest BCUT2D eigenvalue weighted by atomic mass is 10.2. The summed E-state index contributed by atoms with van der Waals surface area (Å²) in [7, 11) is 0. The molecule has 1 atom stereocenters. The number of carbonyl (C=O) groups excluding carboxylic acids is 1. The first-order chi connectivity index (χ1) is 8.93. The maximum Gasteiger partial charge on any atom is 0.221 e. The molecule has 6 heteroatoms. The Kier molecular flexibility index (Phi) is 6.33. The highest BCUT2D eigenvalue weighted by Gasteiger charge is 2.08. The van der Waals surface area contributed by atoms with Crippen LogP contribution < -0.4 is 16.4 Å². The van der Waals surface area contributed by atoms with Crippen LogP contribution in [-0.2, 0) is 4.79 Å². The van der Waals surface area contributed by atoms with Gasteiger partial charge in [-0.1, -0.05) is 6.92 Å². The molecule has 0 aliphatic heterocycles. The number of hydrogen-bond acceptors (Lipinski definition) is 3. The Morgan fingerprint density at radius 3 is 2.84 bits per heavy atom. The van der Waals surface area contributed by atoms with Gasteiger partial charge in [-0.05, 0) is 42.0 Å². The number of carbonyl (C=O) groups is 1. The van der Waals surface area contributed by atoms with Crippen LogP contribution in [0, 0.1) is 9.39 Å². The van der Waals surface area contributed by atoms with E-state index in [4.69, 9.17) is 5.73 Å². The van der Waals surface area contributed by atoms with Crippen LogP contribution >= 0.6 is 22.6 Å². The summed E-state index contributed by atoms with van der Waals surface area (Å²) >= 11 is 1.89.